The number of Topliss-reactive ketones (excluding diaryl/α,β-unsaturated/α-hetero) is 2. The summed E-state index contributed by atoms with van der Waals surface area (Å²) in [6.07, 6.45) is 5.14. The molecule has 22 heavy (non-hydrogen) atoms. The lowest BCUT2D eigenvalue weighted by atomic mass is 10.1. The molecule has 2 aromatic rings. The lowest BCUT2D eigenvalue weighted by Crippen LogP contribution is -1.99. The summed E-state index contributed by atoms with van der Waals surface area (Å²) in [5.74, 6) is 0.368. The van der Waals surface area contributed by atoms with E-state index in [0.29, 0.717) is 11.1 Å². The van der Waals surface area contributed by atoms with Gasteiger partial charge in [-0.3, -0.25) is 9.59 Å². The van der Waals surface area contributed by atoms with Crippen molar-refractivity contribution in [2.45, 2.75) is 0 Å². The number of rotatable bonds is 3. The molecule has 1 aliphatic carbocycles. The van der Waals surface area contributed by atoms with Crippen LogP contribution in [-0.2, 0) is 0 Å². The SMILES string of the molecule is COc1ccc(/C=C/C=C2C(=O)c3ccccc3C2=O)cc1. The molecule has 0 fully saturated rings. The van der Waals surface area contributed by atoms with Gasteiger partial charge in [0.25, 0.3) is 0 Å². The highest BCUT2D eigenvalue weighted by Crippen LogP contribution is 2.26. The van der Waals surface area contributed by atoms with Gasteiger partial charge in [0, 0.05) is 11.1 Å². The minimum atomic E-state index is -0.208. The fraction of sp³-hybridized carbons (Fsp3) is 0.0526. The number of fused-ring (bicyclic) bond motifs is 1. The molecule has 108 valence electrons. The van der Waals surface area contributed by atoms with E-state index in [1.54, 1.807) is 43.5 Å². The number of allylic oxidation sites excluding steroid dienone is 3. The van der Waals surface area contributed by atoms with Gasteiger partial charge in [-0.1, -0.05) is 48.6 Å². The van der Waals surface area contributed by atoms with Gasteiger partial charge in [0.15, 0.2) is 11.6 Å². The third kappa shape index (κ3) is 2.49. The first-order chi connectivity index (χ1) is 10.7. The Kier molecular flexibility index (Phi) is 3.71. The number of methoxy groups -OCH3 is 1. The average molecular weight is 290 g/mol. The van der Waals surface area contributed by atoms with Gasteiger partial charge in [0.05, 0.1) is 12.7 Å². The summed E-state index contributed by atoms with van der Waals surface area (Å²) in [6.45, 7) is 0. The molecule has 0 atom stereocenters. The van der Waals surface area contributed by atoms with Crippen LogP contribution in [0, 0.1) is 0 Å². The summed E-state index contributed by atoms with van der Waals surface area (Å²) >= 11 is 0. The highest BCUT2D eigenvalue weighted by atomic mass is 16.5. The summed E-state index contributed by atoms with van der Waals surface area (Å²) < 4.78 is 5.09. The van der Waals surface area contributed by atoms with Crippen LogP contribution < -0.4 is 4.74 Å². The number of carbonyl (C=O) groups excluding carboxylic acids is 2. The normalized spacial score (nSPS) is 13.6. The topological polar surface area (TPSA) is 43.4 Å². The van der Waals surface area contributed by atoms with E-state index in [1.165, 1.54) is 0 Å². The number of benzene rings is 2. The van der Waals surface area contributed by atoms with Gasteiger partial charge in [-0.25, -0.2) is 0 Å². The Bertz CT molecular complexity index is 759. The molecule has 3 rings (SSSR count). The van der Waals surface area contributed by atoms with E-state index < -0.39 is 0 Å². The van der Waals surface area contributed by atoms with Crippen LogP contribution in [0.5, 0.6) is 5.75 Å². The molecule has 2 aromatic carbocycles. The molecule has 0 saturated carbocycles. The number of ether oxygens (including phenoxy) is 1. The maximum absolute atomic E-state index is 12.2. The van der Waals surface area contributed by atoms with Crippen LogP contribution in [0.1, 0.15) is 26.3 Å². The van der Waals surface area contributed by atoms with E-state index in [0.717, 1.165) is 11.3 Å². The van der Waals surface area contributed by atoms with E-state index in [4.69, 9.17) is 4.74 Å². The molecule has 0 unspecified atom stereocenters. The fourth-order valence-electron chi connectivity index (χ4n) is 2.39. The molecule has 3 heteroatoms. The molecular formula is C19H14O3. The Hall–Kier alpha value is -2.94. The van der Waals surface area contributed by atoms with E-state index in [1.807, 2.05) is 30.3 Å². The second-order valence-electron chi connectivity index (χ2n) is 4.92. The molecular weight excluding hydrogens is 276 g/mol. The summed E-state index contributed by atoms with van der Waals surface area (Å²) in [7, 11) is 1.62. The van der Waals surface area contributed by atoms with Crippen LogP contribution in [0.15, 0.2) is 66.3 Å². The molecule has 0 N–H and O–H groups in total. The minimum Gasteiger partial charge on any atom is -0.497 e. The maximum Gasteiger partial charge on any atom is 0.197 e. The van der Waals surface area contributed by atoms with Crippen molar-refractivity contribution >= 4 is 17.6 Å². The predicted octanol–water partition coefficient (Wildman–Crippen LogP) is 3.71. The number of hydrogen-bond acceptors (Lipinski definition) is 3. The second-order valence-corrected chi connectivity index (χ2v) is 4.92. The van der Waals surface area contributed by atoms with Gasteiger partial charge in [-0.15, -0.1) is 0 Å². The molecule has 0 saturated heterocycles. The molecule has 0 bridgehead atoms. The quantitative estimate of drug-likeness (QED) is 0.639. The predicted molar refractivity (Wildman–Crippen MR) is 85.2 cm³/mol. The van der Waals surface area contributed by atoms with Crippen LogP contribution in [0.25, 0.3) is 6.08 Å². The lowest BCUT2D eigenvalue weighted by molar-refractivity contribution is 0.0989. The summed E-state index contributed by atoms with van der Waals surface area (Å²) in [5, 5.41) is 0. The number of hydrogen-bond donors (Lipinski definition) is 0. The van der Waals surface area contributed by atoms with Gasteiger partial charge >= 0.3 is 0 Å². The number of carbonyl (C=O) groups is 2. The Balaban J connectivity index is 1.83. The molecule has 0 amide bonds. The lowest BCUT2D eigenvalue weighted by Gasteiger charge is -1.98. The third-order valence-corrected chi connectivity index (χ3v) is 3.57. The van der Waals surface area contributed by atoms with Gasteiger partial charge in [0.2, 0.25) is 0 Å². The fourth-order valence-corrected chi connectivity index (χ4v) is 2.39. The first kappa shape index (κ1) is 14.0. The highest BCUT2D eigenvalue weighted by molar-refractivity contribution is 6.39. The molecule has 0 spiro atoms. The van der Waals surface area contributed by atoms with Crippen molar-refractivity contribution in [2.24, 2.45) is 0 Å². The molecule has 0 heterocycles. The maximum atomic E-state index is 12.2. The van der Waals surface area contributed by atoms with Crippen LogP contribution in [-0.4, -0.2) is 18.7 Å². The Morgan fingerprint density at radius 2 is 1.45 bits per heavy atom. The Labute approximate surface area is 128 Å². The standard InChI is InChI=1S/C19H14O3/c1-22-14-11-9-13(10-12-14)5-4-8-17-18(20)15-6-2-3-7-16(15)19(17)21/h2-12H,1H3/b5-4+. The zero-order valence-corrected chi connectivity index (χ0v) is 12.1. The number of ketones is 2. The minimum absolute atomic E-state index is 0.208. The van der Waals surface area contributed by atoms with Gasteiger partial charge in [-0.05, 0) is 23.8 Å². The van der Waals surface area contributed by atoms with Gasteiger partial charge in [-0.2, -0.15) is 0 Å². The second kappa shape index (κ2) is 5.82. The van der Waals surface area contributed by atoms with Crippen molar-refractivity contribution in [3.05, 3.63) is 82.9 Å². The highest BCUT2D eigenvalue weighted by Gasteiger charge is 2.31. The van der Waals surface area contributed by atoms with Crippen LogP contribution in [0.2, 0.25) is 0 Å². The molecule has 1 aliphatic rings. The zero-order chi connectivity index (χ0) is 15.5. The zero-order valence-electron chi connectivity index (χ0n) is 12.1. The van der Waals surface area contributed by atoms with Gasteiger partial charge < -0.3 is 4.74 Å². The van der Waals surface area contributed by atoms with E-state index >= 15 is 0 Å². The smallest absolute Gasteiger partial charge is 0.197 e. The average Bonchev–Trinajstić information content (AvgIpc) is 2.81. The Morgan fingerprint density at radius 1 is 0.864 bits per heavy atom. The third-order valence-electron chi connectivity index (χ3n) is 3.57. The van der Waals surface area contributed by atoms with Crippen molar-refractivity contribution in [3.8, 4) is 5.75 Å². The summed E-state index contributed by atoms with van der Waals surface area (Å²) in [4.78, 5) is 24.4. The van der Waals surface area contributed by atoms with E-state index in [9.17, 15) is 9.59 Å². The molecule has 3 nitrogen and oxygen atoms in total. The Morgan fingerprint density at radius 3 is 2.00 bits per heavy atom. The summed E-state index contributed by atoms with van der Waals surface area (Å²) in [6, 6.07) is 14.4. The van der Waals surface area contributed by atoms with E-state index in [2.05, 4.69) is 0 Å². The van der Waals surface area contributed by atoms with Gasteiger partial charge in [0.1, 0.15) is 5.75 Å². The monoisotopic (exact) mass is 290 g/mol. The first-order valence-electron chi connectivity index (χ1n) is 6.91. The van der Waals surface area contributed by atoms with Crippen LogP contribution in [0.3, 0.4) is 0 Å². The first-order valence-corrected chi connectivity index (χ1v) is 6.91. The summed E-state index contributed by atoms with van der Waals surface area (Å²) in [5.41, 5.74) is 2.15. The molecule has 0 aliphatic heterocycles. The van der Waals surface area contributed by atoms with E-state index in [-0.39, 0.29) is 17.1 Å². The van der Waals surface area contributed by atoms with Crippen LogP contribution >= 0.6 is 0 Å². The van der Waals surface area contributed by atoms with Crippen molar-refractivity contribution in [3.63, 3.8) is 0 Å². The van der Waals surface area contributed by atoms with Crippen LogP contribution in [0.4, 0.5) is 0 Å². The molecule has 0 aromatic heterocycles. The van der Waals surface area contributed by atoms with Crippen molar-refractivity contribution in [1.82, 2.24) is 0 Å². The largest absolute Gasteiger partial charge is 0.497 e. The molecule has 0 radical (unpaired) electrons. The van der Waals surface area contributed by atoms with Crippen molar-refractivity contribution in [1.29, 1.82) is 0 Å². The van der Waals surface area contributed by atoms with Crippen molar-refractivity contribution in [2.75, 3.05) is 7.11 Å². The van der Waals surface area contributed by atoms with Crippen molar-refractivity contribution < 1.29 is 14.3 Å².